The fourth-order valence-electron chi connectivity index (χ4n) is 2.65. The summed E-state index contributed by atoms with van der Waals surface area (Å²) in [4.78, 5) is 2.32. The van der Waals surface area contributed by atoms with Crippen molar-refractivity contribution >= 4 is 0 Å². The van der Waals surface area contributed by atoms with Gasteiger partial charge in [-0.15, -0.1) is 0 Å². The van der Waals surface area contributed by atoms with Gasteiger partial charge < -0.3 is 19.5 Å². The summed E-state index contributed by atoms with van der Waals surface area (Å²) in [7, 11) is 0. The van der Waals surface area contributed by atoms with Crippen LogP contribution in [0.15, 0.2) is 0 Å². The van der Waals surface area contributed by atoms with E-state index in [-0.39, 0.29) is 6.29 Å². The lowest BCUT2D eigenvalue weighted by atomic mass is 9.96. The first-order valence-electron chi connectivity index (χ1n) is 6.22. The highest BCUT2D eigenvalue weighted by Gasteiger charge is 2.32. The van der Waals surface area contributed by atoms with Crippen molar-refractivity contribution in [2.75, 3.05) is 32.8 Å². The largest absolute Gasteiger partial charge is 0.389 e. The second-order valence-electron chi connectivity index (χ2n) is 5.56. The Balaban J connectivity index is 1.83. The molecule has 0 amide bonds. The molecule has 1 N–H and O–H groups in total. The zero-order valence-corrected chi connectivity index (χ0v) is 10.3. The number of hydrogen-bond acceptors (Lipinski definition) is 4. The lowest BCUT2D eigenvalue weighted by Crippen LogP contribution is -2.46. The summed E-state index contributed by atoms with van der Waals surface area (Å²) in [5, 5.41) is 9.82. The Hall–Kier alpha value is -0.160. The van der Waals surface area contributed by atoms with Gasteiger partial charge in [0, 0.05) is 19.0 Å². The van der Waals surface area contributed by atoms with Gasteiger partial charge in [-0.3, -0.25) is 0 Å². The van der Waals surface area contributed by atoms with Gasteiger partial charge in [0.2, 0.25) is 0 Å². The molecule has 94 valence electrons. The van der Waals surface area contributed by atoms with Crippen molar-refractivity contribution in [2.24, 2.45) is 5.92 Å². The molecule has 0 radical (unpaired) electrons. The summed E-state index contributed by atoms with van der Waals surface area (Å²) in [6, 6.07) is 0. The van der Waals surface area contributed by atoms with E-state index in [0.717, 1.165) is 32.8 Å². The predicted octanol–water partition coefficient (Wildman–Crippen LogP) is 0.842. The normalized spacial score (nSPS) is 29.8. The summed E-state index contributed by atoms with van der Waals surface area (Å²) in [5.41, 5.74) is -0.612. The first-order valence-corrected chi connectivity index (χ1v) is 6.22. The highest BCUT2D eigenvalue weighted by molar-refractivity contribution is 4.80. The number of piperidine rings is 1. The highest BCUT2D eigenvalue weighted by Crippen LogP contribution is 2.25. The standard InChI is InChI=1S/C12H23NO3/c1-12(2,14)9-13-5-3-4-10(8-13)11-15-6-7-16-11/h10-11,14H,3-9H2,1-2H3. The first-order chi connectivity index (χ1) is 7.54. The van der Waals surface area contributed by atoms with Crippen LogP contribution in [0.25, 0.3) is 0 Å². The molecule has 2 heterocycles. The molecule has 2 rings (SSSR count). The molecule has 2 saturated heterocycles. The molecule has 0 spiro atoms. The maximum atomic E-state index is 9.82. The van der Waals surface area contributed by atoms with Crippen LogP contribution >= 0.6 is 0 Å². The van der Waals surface area contributed by atoms with E-state index in [1.165, 1.54) is 12.8 Å². The number of hydrogen-bond donors (Lipinski definition) is 1. The molecule has 2 fully saturated rings. The average molecular weight is 229 g/mol. The van der Waals surface area contributed by atoms with Gasteiger partial charge >= 0.3 is 0 Å². The van der Waals surface area contributed by atoms with Crippen LogP contribution in [0.5, 0.6) is 0 Å². The van der Waals surface area contributed by atoms with Gasteiger partial charge in [-0.25, -0.2) is 0 Å². The Morgan fingerprint density at radius 2 is 2.00 bits per heavy atom. The second-order valence-corrected chi connectivity index (χ2v) is 5.56. The quantitative estimate of drug-likeness (QED) is 0.779. The minimum atomic E-state index is -0.612. The van der Waals surface area contributed by atoms with Crippen molar-refractivity contribution in [3.05, 3.63) is 0 Å². The molecule has 0 saturated carbocycles. The lowest BCUT2D eigenvalue weighted by Gasteiger charge is -2.37. The number of aliphatic hydroxyl groups is 1. The SMILES string of the molecule is CC(C)(O)CN1CCCC(C2OCCO2)C1. The molecular weight excluding hydrogens is 206 g/mol. The second kappa shape index (κ2) is 5.00. The van der Waals surface area contributed by atoms with Crippen molar-refractivity contribution < 1.29 is 14.6 Å². The smallest absolute Gasteiger partial charge is 0.161 e. The monoisotopic (exact) mass is 229 g/mol. The van der Waals surface area contributed by atoms with Gasteiger partial charge in [0.15, 0.2) is 6.29 Å². The maximum Gasteiger partial charge on any atom is 0.161 e. The Bertz CT molecular complexity index is 221. The Labute approximate surface area is 97.5 Å². The van der Waals surface area contributed by atoms with Crippen molar-refractivity contribution in [1.82, 2.24) is 4.90 Å². The maximum absolute atomic E-state index is 9.82. The predicted molar refractivity (Wildman–Crippen MR) is 61.2 cm³/mol. The van der Waals surface area contributed by atoms with Crippen LogP contribution < -0.4 is 0 Å². The van der Waals surface area contributed by atoms with Crippen LogP contribution in [0.2, 0.25) is 0 Å². The molecule has 16 heavy (non-hydrogen) atoms. The van der Waals surface area contributed by atoms with E-state index in [2.05, 4.69) is 4.90 Å². The van der Waals surface area contributed by atoms with Gasteiger partial charge in [-0.1, -0.05) is 0 Å². The number of likely N-dealkylation sites (tertiary alicyclic amines) is 1. The number of β-amino-alcohol motifs (C(OH)–C–C–N with tert-alkyl or cyclic N) is 1. The van der Waals surface area contributed by atoms with Gasteiger partial charge in [0.1, 0.15) is 0 Å². The van der Waals surface area contributed by atoms with E-state index in [1.807, 2.05) is 13.8 Å². The molecule has 2 aliphatic heterocycles. The molecule has 0 aromatic rings. The number of rotatable bonds is 3. The first kappa shape index (κ1) is 12.3. The van der Waals surface area contributed by atoms with Crippen LogP contribution in [0.4, 0.5) is 0 Å². The summed E-state index contributed by atoms with van der Waals surface area (Å²) < 4.78 is 11.1. The van der Waals surface area contributed by atoms with E-state index in [4.69, 9.17) is 9.47 Å². The van der Waals surface area contributed by atoms with E-state index >= 15 is 0 Å². The third-order valence-electron chi connectivity index (χ3n) is 3.18. The van der Waals surface area contributed by atoms with Gasteiger partial charge in [0.05, 0.1) is 18.8 Å². The Morgan fingerprint density at radius 3 is 2.62 bits per heavy atom. The number of nitrogens with zero attached hydrogens (tertiary/aromatic N) is 1. The highest BCUT2D eigenvalue weighted by atomic mass is 16.7. The van der Waals surface area contributed by atoms with Crippen molar-refractivity contribution in [3.63, 3.8) is 0 Å². The van der Waals surface area contributed by atoms with Gasteiger partial charge in [-0.05, 0) is 33.2 Å². The van der Waals surface area contributed by atoms with Crippen molar-refractivity contribution in [1.29, 1.82) is 0 Å². The average Bonchev–Trinajstić information content (AvgIpc) is 2.68. The van der Waals surface area contributed by atoms with E-state index < -0.39 is 5.60 Å². The minimum Gasteiger partial charge on any atom is -0.389 e. The zero-order chi connectivity index (χ0) is 11.6. The summed E-state index contributed by atoms with van der Waals surface area (Å²) in [5.74, 6) is 0.471. The topological polar surface area (TPSA) is 41.9 Å². The van der Waals surface area contributed by atoms with E-state index in [0.29, 0.717) is 5.92 Å². The molecule has 0 aromatic heterocycles. The van der Waals surface area contributed by atoms with Gasteiger partial charge in [0.25, 0.3) is 0 Å². The van der Waals surface area contributed by atoms with Gasteiger partial charge in [-0.2, -0.15) is 0 Å². The summed E-state index contributed by atoms with van der Waals surface area (Å²) in [6.45, 7) is 7.97. The third-order valence-corrected chi connectivity index (χ3v) is 3.18. The van der Waals surface area contributed by atoms with Crippen LogP contribution in [-0.2, 0) is 9.47 Å². The molecule has 0 aliphatic carbocycles. The van der Waals surface area contributed by atoms with Crippen molar-refractivity contribution in [3.8, 4) is 0 Å². The Kier molecular flexibility index (Phi) is 3.85. The fourth-order valence-corrected chi connectivity index (χ4v) is 2.65. The fraction of sp³-hybridized carbons (Fsp3) is 1.00. The van der Waals surface area contributed by atoms with Crippen molar-refractivity contribution in [2.45, 2.75) is 38.6 Å². The van der Waals surface area contributed by atoms with E-state index in [9.17, 15) is 5.11 Å². The molecule has 0 bridgehead atoms. The molecular formula is C12H23NO3. The van der Waals surface area contributed by atoms with Crippen LogP contribution in [0.3, 0.4) is 0 Å². The molecule has 0 aromatic carbocycles. The third kappa shape index (κ3) is 3.42. The summed E-state index contributed by atoms with van der Waals surface area (Å²) >= 11 is 0. The molecule has 4 nitrogen and oxygen atoms in total. The number of ether oxygens (including phenoxy) is 2. The minimum absolute atomic E-state index is 0.00962. The van der Waals surface area contributed by atoms with E-state index in [1.54, 1.807) is 0 Å². The van der Waals surface area contributed by atoms with Crippen LogP contribution in [-0.4, -0.2) is 54.7 Å². The lowest BCUT2D eigenvalue weighted by molar-refractivity contribution is -0.105. The summed E-state index contributed by atoms with van der Waals surface area (Å²) in [6.07, 6.45) is 2.33. The Morgan fingerprint density at radius 1 is 1.31 bits per heavy atom. The molecule has 1 atom stereocenters. The molecule has 2 aliphatic rings. The van der Waals surface area contributed by atoms with Crippen LogP contribution in [0.1, 0.15) is 26.7 Å². The van der Waals surface area contributed by atoms with Crippen LogP contribution in [0, 0.1) is 5.92 Å². The zero-order valence-electron chi connectivity index (χ0n) is 10.3. The molecule has 1 unspecified atom stereocenters. The molecule has 4 heteroatoms.